The molecule has 1 heterocycles. The third kappa shape index (κ3) is 4.78. The lowest BCUT2D eigenvalue weighted by Crippen LogP contribution is -2.38. The normalized spacial score (nSPS) is 12.6. The summed E-state index contributed by atoms with van der Waals surface area (Å²) in [7, 11) is 0. The van der Waals surface area contributed by atoms with E-state index in [9.17, 15) is 4.39 Å². The van der Waals surface area contributed by atoms with Gasteiger partial charge >= 0.3 is 0 Å². The van der Waals surface area contributed by atoms with Gasteiger partial charge < -0.3 is 0 Å². The molecule has 0 saturated carbocycles. The van der Waals surface area contributed by atoms with Crippen molar-refractivity contribution in [3.63, 3.8) is 0 Å². The van der Waals surface area contributed by atoms with Gasteiger partial charge in [-0.3, -0.25) is 11.3 Å². The van der Waals surface area contributed by atoms with Crippen molar-refractivity contribution in [2.75, 3.05) is 5.75 Å². The molecule has 0 saturated heterocycles. The highest BCUT2D eigenvalue weighted by atomic mass is 35.5. The molecule has 19 heavy (non-hydrogen) atoms. The number of hydrogen-bond acceptors (Lipinski definition) is 4. The Morgan fingerprint density at radius 2 is 2.00 bits per heavy atom. The smallest absolute Gasteiger partial charge is 0.123 e. The topological polar surface area (TPSA) is 38.0 Å². The lowest BCUT2D eigenvalue weighted by molar-refractivity contribution is 0.579. The van der Waals surface area contributed by atoms with Crippen molar-refractivity contribution in [3.8, 4) is 0 Å². The van der Waals surface area contributed by atoms with Gasteiger partial charge in [0, 0.05) is 21.6 Å². The van der Waals surface area contributed by atoms with E-state index in [0.717, 1.165) is 21.4 Å². The summed E-state index contributed by atoms with van der Waals surface area (Å²) in [5.41, 5.74) is 2.81. The summed E-state index contributed by atoms with van der Waals surface area (Å²) in [4.78, 5) is 2.23. The van der Waals surface area contributed by atoms with Gasteiger partial charge in [0.05, 0.1) is 4.34 Å². The number of hydrazine groups is 1. The summed E-state index contributed by atoms with van der Waals surface area (Å²) in [6.07, 6.45) is 0.835. The van der Waals surface area contributed by atoms with Crippen LogP contribution in [0.15, 0.2) is 41.3 Å². The third-order valence-electron chi connectivity index (χ3n) is 2.58. The van der Waals surface area contributed by atoms with E-state index in [2.05, 4.69) is 5.43 Å². The standard InChI is InChI=1S/C13H14ClFN2S2/c14-13-6-5-12(19-13)7-10(17-16)8-18-11-3-1-9(15)2-4-11/h1-6,10,17H,7-8,16H2. The molecule has 0 spiro atoms. The van der Waals surface area contributed by atoms with E-state index >= 15 is 0 Å². The molecule has 2 aromatic rings. The molecule has 1 aromatic carbocycles. The molecule has 0 fully saturated rings. The van der Waals surface area contributed by atoms with Crippen molar-refractivity contribution in [3.05, 3.63) is 51.4 Å². The van der Waals surface area contributed by atoms with E-state index in [4.69, 9.17) is 17.4 Å². The van der Waals surface area contributed by atoms with Crippen molar-refractivity contribution >= 4 is 34.7 Å². The Kier molecular flexibility index (Phi) is 5.66. The second-order valence-corrected chi connectivity index (χ2v) is 6.93. The Bertz CT molecular complexity index is 516. The molecule has 1 unspecified atom stereocenters. The van der Waals surface area contributed by atoms with Crippen molar-refractivity contribution in [2.24, 2.45) is 5.84 Å². The molecule has 2 rings (SSSR count). The van der Waals surface area contributed by atoms with Crippen LogP contribution in [0.3, 0.4) is 0 Å². The maximum absolute atomic E-state index is 12.8. The van der Waals surface area contributed by atoms with Crippen molar-refractivity contribution in [1.29, 1.82) is 0 Å². The highest BCUT2D eigenvalue weighted by Gasteiger charge is 2.10. The van der Waals surface area contributed by atoms with E-state index in [1.807, 2.05) is 12.1 Å². The van der Waals surface area contributed by atoms with Crippen molar-refractivity contribution in [1.82, 2.24) is 5.43 Å². The first-order chi connectivity index (χ1) is 9.17. The van der Waals surface area contributed by atoms with Gasteiger partial charge in [0.15, 0.2) is 0 Å². The van der Waals surface area contributed by atoms with E-state index in [-0.39, 0.29) is 11.9 Å². The SMILES string of the molecule is NNC(CSc1ccc(F)cc1)Cc1ccc(Cl)s1. The fourth-order valence-electron chi connectivity index (χ4n) is 1.60. The molecule has 6 heteroatoms. The second-order valence-electron chi connectivity index (χ2n) is 4.04. The number of rotatable bonds is 6. The maximum atomic E-state index is 12.8. The van der Waals surface area contributed by atoms with E-state index in [1.54, 1.807) is 35.2 Å². The number of benzene rings is 1. The first-order valence-electron chi connectivity index (χ1n) is 5.76. The first kappa shape index (κ1) is 14.8. The zero-order chi connectivity index (χ0) is 13.7. The minimum atomic E-state index is -0.217. The molecule has 1 atom stereocenters. The van der Waals surface area contributed by atoms with Crippen LogP contribution < -0.4 is 11.3 Å². The van der Waals surface area contributed by atoms with Crippen molar-refractivity contribution < 1.29 is 4.39 Å². The molecule has 0 aliphatic rings. The molecule has 0 bridgehead atoms. The van der Waals surface area contributed by atoms with Gasteiger partial charge in [-0.1, -0.05) is 11.6 Å². The van der Waals surface area contributed by atoms with Crippen LogP contribution in [-0.4, -0.2) is 11.8 Å². The zero-order valence-corrected chi connectivity index (χ0v) is 12.5. The second kappa shape index (κ2) is 7.26. The molecule has 1 aromatic heterocycles. The van der Waals surface area contributed by atoms with E-state index in [0.29, 0.717) is 0 Å². The molecular weight excluding hydrogens is 303 g/mol. The number of thioether (sulfide) groups is 1. The van der Waals surface area contributed by atoms with E-state index < -0.39 is 0 Å². The van der Waals surface area contributed by atoms with Gasteiger partial charge in [-0.2, -0.15) is 0 Å². The highest BCUT2D eigenvalue weighted by Crippen LogP contribution is 2.24. The third-order valence-corrected chi connectivity index (χ3v) is 5.00. The summed E-state index contributed by atoms with van der Waals surface area (Å²) in [6.45, 7) is 0. The average Bonchev–Trinajstić information content (AvgIpc) is 2.82. The minimum absolute atomic E-state index is 0.157. The Morgan fingerprint density at radius 1 is 1.26 bits per heavy atom. The minimum Gasteiger partial charge on any atom is -0.271 e. The van der Waals surface area contributed by atoms with Crippen LogP contribution in [0.2, 0.25) is 4.34 Å². The summed E-state index contributed by atoms with van der Waals surface area (Å²) < 4.78 is 13.6. The van der Waals surface area contributed by atoms with Crippen molar-refractivity contribution in [2.45, 2.75) is 17.4 Å². The van der Waals surface area contributed by atoms with Gasteiger partial charge in [-0.25, -0.2) is 4.39 Å². The molecule has 0 aliphatic carbocycles. The Hall–Kier alpha value is -0.590. The molecule has 0 amide bonds. The average molecular weight is 317 g/mol. The summed E-state index contributed by atoms with van der Waals surface area (Å²) in [5, 5.41) is 0. The molecule has 0 radical (unpaired) electrons. The van der Waals surface area contributed by atoms with Gasteiger partial charge in [0.2, 0.25) is 0 Å². The van der Waals surface area contributed by atoms with Crippen LogP contribution >= 0.6 is 34.7 Å². The zero-order valence-electron chi connectivity index (χ0n) is 10.1. The van der Waals surface area contributed by atoms with Gasteiger partial charge in [0.25, 0.3) is 0 Å². The lowest BCUT2D eigenvalue weighted by Gasteiger charge is -2.14. The Labute approximate surface area is 125 Å². The number of halogens is 2. The van der Waals surface area contributed by atoms with Gasteiger partial charge in [-0.05, 0) is 42.8 Å². The molecule has 0 aliphatic heterocycles. The first-order valence-corrected chi connectivity index (χ1v) is 7.94. The van der Waals surface area contributed by atoms with Gasteiger partial charge in [-0.15, -0.1) is 23.1 Å². The van der Waals surface area contributed by atoms with Crippen LogP contribution in [0.4, 0.5) is 4.39 Å². The molecular formula is C13H14ClFN2S2. The summed E-state index contributed by atoms with van der Waals surface area (Å²) in [6, 6.07) is 10.5. The van der Waals surface area contributed by atoms with Crippen LogP contribution in [-0.2, 0) is 6.42 Å². The lowest BCUT2D eigenvalue weighted by atomic mass is 10.2. The maximum Gasteiger partial charge on any atom is 0.123 e. The van der Waals surface area contributed by atoms with Gasteiger partial charge in [0.1, 0.15) is 5.82 Å². The number of thiophene rings is 1. The van der Waals surface area contributed by atoms with Crippen LogP contribution in [0.5, 0.6) is 0 Å². The largest absolute Gasteiger partial charge is 0.271 e. The number of nitrogens with one attached hydrogen (secondary N) is 1. The highest BCUT2D eigenvalue weighted by molar-refractivity contribution is 7.99. The molecule has 2 nitrogen and oxygen atoms in total. The Balaban J connectivity index is 1.87. The summed E-state index contributed by atoms with van der Waals surface area (Å²) in [5.74, 6) is 6.16. The van der Waals surface area contributed by atoms with Crippen LogP contribution in [0.1, 0.15) is 4.88 Å². The number of nitrogens with two attached hydrogens (primary N) is 1. The summed E-state index contributed by atoms with van der Waals surface area (Å²) >= 11 is 9.12. The predicted molar refractivity (Wildman–Crippen MR) is 81.3 cm³/mol. The fraction of sp³-hybridized carbons (Fsp3) is 0.231. The molecule has 3 N–H and O–H groups in total. The Morgan fingerprint density at radius 3 is 2.58 bits per heavy atom. The number of hydrogen-bond donors (Lipinski definition) is 2. The van der Waals surface area contributed by atoms with Crippen LogP contribution in [0, 0.1) is 5.82 Å². The quantitative estimate of drug-likeness (QED) is 0.485. The molecule has 102 valence electrons. The van der Waals surface area contributed by atoms with E-state index in [1.165, 1.54) is 17.0 Å². The van der Waals surface area contributed by atoms with Crippen LogP contribution in [0.25, 0.3) is 0 Å². The predicted octanol–water partition coefficient (Wildman–Crippen LogP) is 3.71. The fourth-order valence-corrected chi connectivity index (χ4v) is 3.70. The monoisotopic (exact) mass is 316 g/mol.